The molecule has 0 radical (unpaired) electrons. The van der Waals surface area contributed by atoms with E-state index >= 15 is 0 Å². The number of hydrogen-bond donors (Lipinski definition) is 2. The Labute approximate surface area is 149 Å². The highest BCUT2D eigenvalue weighted by Crippen LogP contribution is 2.26. The number of rotatable bonds is 8. The second-order valence-electron chi connectivity index (χ2n) is 5.34. The minimum atomic E-state index is -0.191. The van der Waals surface area contributed by atoms with E-state index in [4.69, 9.17) is 27.1 Å². The van der Waals surface area contributed by atoms with Gasteiger partial charge < -0.3 is 15.6 Å². The molecular weight excluding hydrogens is 324 g/mol. The Kier molecular flexibility index (Phi) is 9.20. The fourth-order valence-corrected chi connectivity index (χ4v) is 2.58. The molecule has 0 atom stereocenters. The van der Waals surface area contributed by atoms with Gasteiger partial charge in [0.25, 0.3) is 0 Å². The molecule has 5 heteroatoms. The van der Waals surface area contributed by atoms with Crippen LogP contribution < -0.4 is 5.73 Å². The summed E-state index contributed by atoms with van der Waals surface area (Å²) in [5, 5.41) is 9.96. The maximum atomic E-state index is 9.39. The Hall–Kier alpha value is -1.78. The van der Waals surface area contributed by atoms with E-state index in [0.717, 1.165) is 36.3 Å². The van der Waals surface area contributed by atoms with Crippen LogP contribution in [-0.2, 0) is 4.74 Å². The Morgan fingerprint density at radius 2 is 2.21 bits per heavy atom. The average Bonchev–Trinajstić information content (AvgIpc) is 2.59. The van der Waals surface area contributed by atoms with Crippen LogP contribution in [-0.4, -0.2) is 24.0 Å². The number of aliphatic imine (C=N–C) groups is 1. The van der Waals surface area contributed by atoms with E-state index in [1.165, 1.54) is 0 Å². The molecule has 0 aliphatic heterocycles. The van der Waals surface area contributed by atoms with Gasteiger partial charge in [-0.3, -0.25) is 4.99 Å². The van der Waals surface area contributed by atoms with Gasteiger partial charge in [0.15, 0.2) is 0 Å². The Bertz CT molecular complexity index is 598. The first kappa shape index (κ1) is 20.3. The summed E-state index contributed by atoms with van der Waals surface area (Å²) >= 11 is 6.37. The summed E-state index contributed by atoms with van der Waals surface area (Å²) in [5.41, 5.74) is 8.75. The lowest BCUT2D eigenvalue weighted by molar-refractivity contribution is 0.218. The quantitative estimate of drug-likeness (QED) is 0.640. The van der Waals surface area contributed by atoms with E-state index in [0.29, 0.717) is 29.5 Å². The summed E-state index contributed by atoms with van der Waals surface area (Å²) in [6.07, 6.45) is 10.2. The molecule has 0 bridgehead atoms. The van der Waals surface area contributed by atoms with Crippen LogP contribution in [0.5, 0.6) is 0 Å². The van der Waals surface area contributed by atoms with Gasteiger partial charge in [0.05, 0.1) is 35.4 Å². The van der Waals surface area contributed by atoms with Crippen molar-refractivity contribution in [3.8, 4) is 0 Å². The van der Waals surface area contributed by atoms with Crippen LogP contribution in [0.4, 0.5) is 0 Å². The van der Waals surface area contributed by atoms with Crippen LogP contribution in [0.25, 0.3) is 0 Å². The third-order valence-electron chi connectivity index (χ3n) is 3.51. The lowest BCUT2D eigenvalue weighted by Crippen LogP contribution is -2.17. The predicted molar refractivity (Wildman–Crippen MR) is 102 cm³/mol. The van der Waals surface area contributed by atoms with Crippen molar-refractivity contribution in [1.29, 1.82) is 0 Å². The molecule has 1 rings (SSSR count). The van der Waals surface area contributed by atoms with Crippen LogP contribution in [0.15, 0.2) is 63.6 Å². The molecule has 0 saturated heterocycles. The van der Waals surface area contributed by atoms with E-state index in [2.05, 4.69) is 13.5 Å². The topological polar surface area (TPSA) is 67.8 Å². The number of halogens is 1. The van der Waals surface area contributed by atoms with Crippen LogP contribution in [0, 0.1) is 0 Å². The zero-order valence-electron chi connectivity index (χ0n) is 14.5. The lowest BCUT2D eigenvalue weighted by Gasteiger charge is -2.20. The fourth-order valence-electron chi connectivity index (χ4n) is 2.37. The standard InChI is InChI=1S/C19H27ClN2O2/c1-4-7-9-16(20)18(8-5-2)22-19-12-14(24-6-3)10-11-15(19)17(21)13-23/h4,7,9,12,23H,1,5-6,8,10-11,13,21H2,2-3H3/b9-7-,17-15-,18-16-,22-19-. The van der Waals surface area contributed by atoms with Crippen LogP contribution >= 0.6 is 11.6 Å². The Morgan fingerprint density at radius 1 is 1.46 bits per heavy atom. The van der Waals surface area contributed by atoms with Gasteiger partial charge in [-0.15, -0.1) is 0 Å². The highest BCUT2D eigenvalue weighted by molar-refractivity contribution is 6.31. The van der Waals surface area contributed by atoms with Gasteiger partial charge in [-0.2, -0.15) is 0 Å². The van der Waals surface area contributed by atoms with Crippen molar-refractivity contribution in [3.05, 3.63) is 58.6 Å². The number of hydrogen-bond acceptors (Lipinski definition) is 4. The van der Waals surface area contributed by atoms with Gasteiger partial charge in [-0.25, -0.2) is 0 Å². The summed E-state index contributed by atoms with van der Waals surface area (Å²) in [7, 11) is 0. The first-order valence-electron chi connectivity index (χ1n) is 8.25. The van der Waals surface area contributed by atoms with Crippen molar-refractivity contribution < 1.29 is 9.84 Å². The number of nitrogens with zero attached hydrogens (tertiary/aromatic N) is 1. The molecule has 0 unspecified atom stereocenters. The van der Waals surface area contributed by atoms with Gasteiger partial charge in [-0.05, 0) is 31.4 Å². The van der Waals surface area contributed by atoms with Crippen molar-refractivity contribution in [3.63, 3.8) is 0 Å². The summed E-state index contributed by atoms with van der Waals surface area (Å²) in [6, 6.07) is 0. The molecule has 132 valence electrons. The monoisotopic (exact) mass is 350 g/mol. The summed E-state index contributed by atoms with van der Waals surface area (Å²) in [6.45, 7) is 8.08. The highest BCUT2D eigenvalue weighted by Gasteiger charge is 2.18. The summed E-state index contributed by atoms with van der Waals surface area (Å²) in [5.74, 6) is 0.874. The third kappa shape index (κ3) is 6.02. The molecule has 0 aromatic carbocycles. The number of nitrogens with two attached hydrogens (primary N) is 1. The first-order chi connectivity index (χ1) is 11.6. The van der Waals surface area contributed by atoms with E-state index in [1.54, 1.807) is 18.2 Å². The number of aliphatic hydroxyl groups is 1. The summed E-state index contributed by atoms with van der Waals surface area (Å²) < 4.78 is 5.62. The number of ether oxygens (including phenoxy) is 1. The van der Waals surface area contributed by atoms with Crippen molar-refractivity contribution in [2.24, 2.45) is 10.7 Å². The minimum Gasteiger partial charge on any atom is -0.498 e. The molecule has 3 N–H and O–H groups in total. The van der Waals surface area contributed by atoms with Gasteiger partial charge in [0.1, 0.15) is 0 Å². The molecule has 0 heterocycles. The fraction of sp³-hybridized carbons (Fsp3) is 0.421. The molecular formula is C19H27ClN2O2. The van der Waals surface area contributed by atoms with Crippen molar-refractivity contribution in [2.45, 2.75) is 39.5 Å². The molecule has 0 saturated carbocycles. The SMILES string of the molecule is C=C\C=C/C(Cl)=C(CCC)/N=C1/C=C(OCC)CC/C1=C(/N)CO. The molecule has 4 nitrogen and oxygen atoms in total. The van der Waals surface area contributed by atoms with Crippen LogP contribution in [0.2, 0.25) is 0 Å². The van der Waals surface area contributed by atoms with Crippen molar-refractivity contribution in [2.75, 3.05) is 13.2 Å². The molecule has 0 aromatic heterocycles. The van der Waals surface area contributed by atoms with E-state index in [1.807, 2.05) is 13.0 Å². The van der Waals surface area contributed by atoms with E-state index in [9.17, 15) is 5.11 Å². The van der Waals surface area contributed by atoms with Gasteiger partial charge in [-0.1, -0.05) is 43.7 Å². The molecule has 0 amide bonds. The molecule has 24 heavy (non-hydrogen) atoms. The van der Waals surface area contributed by atoms with Crippen molar-refractivity contribution >= 4 is 17.3 Å². The number of allylic oxidation sites excluding steroid dienone is 8. The smallest absolute Gasteiger partial charge is 0.0984 e. The van der Waals surface area contributed by atoms with Gasteiger partial charge in [0, 0.05) is 18.2 Å². The van der Waals surface area contributed by atoms with E-state index in [-0.39, 0.29) is 6.61 Å². The van der Waals surface area contributed by atoms with Gasteiger partial charge in [0.2, 0.25) is 0 Å². The second-order valence-corrected chi connectivity index (χ2v) is 5.75. The highest BCUT2D eigenvalue weighted by atomic mass is 35.5. The molecule has 0 fully saturated rings. The normalized spacial score (nSPS) is 20.0. The largest absolute Gasteiger partial charge is 0.498 e. The maximum absolute atomic E-state index is 9.39. The Balaban J connectivity index is 3.38. The third-order valence-corrected chi connectivity index (χ3v) is 3.86. The van der Waals surface area contributed by atoms with E-state index < -0.39 is 0 Å². The van der Waals surface area contributed by atoms with Crippen LogP contribution in [0.1, 0.15) is 39.5 Å². The minimum absolute atomic E-state index is 0.191. The second kappa shape index (κ2) is 10.9. The summed E-state index contributed by atoms with van der Waals surface area (Å²) in [4.78, 5) is 4.73. The Morgan fingerprint density at radius 3 is 2.79 bits per heavy atom. The molecule has 0 aromatic rings. The van der Waals surface area contributed by atoms with Gasteiger partial charge >= 0.3 is 0 Å². The first-order valence-corrected chi connectivity index (χ1v) is 8.63. The predicted octanol–water partition coefficient (Wildman–Crippen LogP) is 4.34. The zero-order chi connectivity index (χ0) is 17.9. The average molecular weight is 351 g/mol. The lowest BCUT2D eigenvalue weighted by atomic mass is 9.95. The molecule has 0 spiro atoms. The number of aliphatic hydroxyl groups excluding tert-OH is 1. The molecule has 1 aliphatic rings. The maximum Gasteiger partial charge on any atom is 0.0984 e. The van der Waals surface area contributed by atoms with Crippen molar-refractivity contribution in [1.82, 2.24) is 0 Å². The zero-order valence-corrected chi connectivity index (χ0v) is 15.3. The van der Waals surface area contributed by atoms with Crippen LogP contribution in [0.3, 0.4) is 0 Å². The molecule has 1 aliphatic carbocycles.